The molecule has 0 bridgehead atoms. The first-order chi connectivity index (χ1) is 36.4. The Morgan fingerprint density at radius 2 is 1.03 bits per heavy atom. The molecular formula is C67H59N7. The van der Waals surface area contributed by atoms with E-state index in [1.165, 1.54) is 10.9 Å². The number of para-hydroxylation sites is 3. The third kappa shape index (κ3) is 10.1. The molecule has 3 heterocycles. The third-order valence-electron chi connectivity index (χ3n) is 12.6. The van der Waals surface area contributed by atoms with Gasteiger partial charge in [-0.05, 0) is 85.6 Å². The fourth-order valence-corrected chi connectivity index (χ4v) is 9.28. The molecule has 0 radical (unpaired) electrons. The van der Waals surface area contributed by atoms with Gasteiger partial charge in [0.15, 0.2) is 11.5 Å². The number of nitrogens with zero attached hydrogens (tertiary/aromatic N) is 5. The number of imidazole rings is 1. The van der Waals surface area contributed by atoms with Crippen molar-refractivity contribution in [3.8, 4) is 39.6 Å². The highest BCUT2D eigenvalue weighted by Gasteiger charge is 2.26. The van der Waals surface area contributed by atoms with Crippen molar-refractivity contribution in [2.75, 3.05) is 0 Å². The third-order valence-corrected chi connectivity index (χ3v) is 12.6. The predicted molar refractivity (Wildman–Crippen MR) is 315 cm³/mol. The lowest BCUT2D eigenvalue weighted by Crippen LogP contribution is -2.15. The van der Waals surface area contributed by atoms with Crippen molar-refractivity contribution in [2.45, 2.75) is 27.7 Å². The topological polar surface area (TPSA) is 89.9 Å². The summed E-state index contributed by atoms with van der Waals surface area (Å²) in [6, 6.07) is 81.2. The zero-order valence-corrected chi connectivity index (χ0v) is 42.3. The van der Waals surface area contributed by atoms with Gasteiger partial charge < -0.3 is 10.3 Å². The van der Waals surface area contributed by atoms with Crippen LogP contribution in [-0.2, 0) is 0 Å². The van der Waals surface area contributed by atoms with Gasteiger partial charge in [-0.3, -0.25) is 14.5 Å². The molecule has 0 atom stereocenters. The molecule has 7 heteroatoms. The number of rotatable bonds is 8. The van der Waals surface area contributed by atoms with Gasteiger partial charge in [0.25, 0.3) is 0 Å². The van der Waals surface area contributed by atoms with Gasteiger partial charge in [-0.25, -0.2) is 9.98 Å². The molecule has 0 saturated carbocycles. The summed E-state index contributed by atoms with van der Waals surface area (Å²) in [5, 5.41) is 12.2. The van der Waals surface area contributed by atoms with Crippen LogP contribution in [0.2, 0.25) is 0 Å². The lowest BCUT2D eigenvalue weighted by atomic mass is 10.0. The summed E-state index contributed by atoms with van der Waals surface area (Å²) in [6.45, 7) is 11.5. The molecule has 0 amide bonds. The Morgan fingerprint density at radius 1 is 0.514 bits per heavy atom. The minimum Gasteiger partial charge on any atom is -0.383 e. The van der Waals surface area contributed by atoms with E-state index in [0.717, 1.165) is 83.6 Å². The van der Waals surface area contributed by atoms with Gasteiger partial charge in [-0.15, -0.1) is 0 Å². The van der Waals surface area contributed by atoms with Gasteiger partial charge >= 0.3 is 0 Å². The Hall–Kier alpha value is -9.59. The smallest absolute Gasteiger partial charge is 0.165 e. The number of amidine groups is 2. The highest BCUT2D eigenvalue weighted by molar-refractivity contribution is 6.28. The number of aromatic nitrogens is 4. The zero-order chi connectivity index (χ0) is 51.4. The number of hydrogen-bond acceptors (Lipinski definition) is 2. The van der Waals surface area contributed by atoms with Crippen LogP contribution in [0.3, 0.4) is 0 Å². The summed E-state index contributed by atoms with van der Waals surface area (Å²) in [7, 11) is 0. The summed E-state index contributed by atoms with van der Waals surface area (Å²) in [6.07, 6.45) is 5.58. The number of nitrogens with one attached hydrogen (secondary N) is 1. The van der Waals surface area contributed by atoms with Crippen LogP contribution in [0.15, 0.2) is 266 Å². The minimum atomic E-state index is 0.117. The molecule has 0 saturated heterocycles. The van der Waals surface area contributed by atoms with E-state index in [1.807, 2.05) is 106 Å². The molecule has 12 aromatic rings. The van der Waals surface area contributed by atoms with E-state index in [2.05, 4.69) is 196 Å². The summed E-state index contributed by atoms with van der Waals surface area (Å²) in [4.78, 5) is 9.92. The van der Waals surface area contributed by atoms with Gasteiger partial charge in [-0.2, -0.15) is 0 Å². The molecule has 9 aromatic carbocycles. The van der Waals surface area contributed by atoms with Crippen molar-refractivity contribution in [3.05, 3.63) is 278 Å². The standard InChI is InChI=1S/C53H37N7.C7H8.C5H8.C2H6/c54-50(36-16-5-1-6-17-36)56-51(55)39-21-15-20-38(34-39)35-28-30-42(31-29-35)58-44-27-14-13-26-43(44)47-45(58)32-33-46-48(47)49-53(59(46)40-22-9-3-10-23-40)57-52(37-18-7-2-8-19-37)60(49)41-24-11-4-12-25-41;1-7-5-3-2-4-6-7;1-3-5-4-2;1-2/h1-34H,(H3,54,55,56);2-6H,1H3;3-5H,1H2,2H3;1-2H3/b;;5-4-;. The monoisotopic (exact) mass is 961 g/mol. The van der Waals surface area contributed by atoms with Gasteiger partial charge in [0.2, 0.25) is 0 Å². The summed E-state index contributed by atoms with van der Waals surface area (Å²) in [5.74, 6) is 1.32. The number of benzene rings is 9. The first-order valence-electron chi connectivity index (χ1n) is 25.0. The maximum Gasteiger partial charge on any atom is 0.165 e. The van der Waals surface area contributed by atoms with E-state index in [0.29, 0.717) is 11.4 Å². The van der Waals surface area contributed by atoms with Crippen LogP contribution in [0, 0.1) is 12.3 Å². The molecule has 7 nitrogen and oxygen atoms in total. The van der Waals surface area contributed by atoms with Crippen LogP contribution in [0.25, 0.3) is 83.4 Å². The summed E-state index contributed by atoms with van der Waals surface area (Å²) in [5.41, 5.74) is 20.6. The van der Waals surface area contributed by atoms with E-state index in [9.17, 15) is 0 Å². The SMILES string of the molecule is C=C/C=C\C.CC.Cc1ccccc1.N=C(N=C(N)c1ccccc1)c1cccc(-c2ccc(-n3c4ccccc4c4c5c6c(nc(-c7ccccc7)n6-c6ccccc6)n(-c6ccccc6)c5ccc43)cc2)c1. The minimum absolute atomic E-state index is 0.117. The van der Waals surface area contributed by atoms with E-state index in [-0.39, 0.29) is 5.84 Å². The second-order valence-corrected chi connectivity index (χ2v) is 17.3. The Balaban J connectivity index is 0.000000424. The lowest BCUT2D eigenvalue weighted by molar-refractivity contribution is 1.10. The molecule has 3 N–H and O–H groups in total. The van der Waals surface area contributed by atoms with E-state index < -0.39 is 0 Å². The van der Waals surface area contributed by atoms with Crippen LogP contribution in [0.5, 0.6) is 0 Å². The Kier molecular flexibility index (Phi) is 15.4. The van der Waals surface area contributed by atoms with E-state index in [1.54, 1.807) is 6.08 Å². The van der Waals surface area contributed by atoms with Crippen molar-refractivity contribution >= 4 is 55.5 Å². The van der Waals surface area contributed by atoms with Crippen molar-refractivity contribution in [2.24, 2.45) is 10.7 Å². The lowest BCUT2D eigenvalue weighted by Gasteiger charge is -2.12. The fraction of sp³-hybridized carbons (Fsp3) is 0.0597. The van der Waals surface area contributed by atoms with Crippen LogP contribution in [0.4, 0.5) is 0 Å². The van der Waals surface area contributed by atoms with Crippen molar-refractivity contribution in [1.29, 1.82) is 5.41 Å². The first kappa shape index (κ1) is 49.4. The molecular weight excluding hydrogens is 903 g/mol. The van der Waals surface area contributed by atoms with E-state index >= 15 is 0 Å². The molecule has 362 valence electrons. The molecule has 0 aliphatic carbocycles. The van der Waals surface area contributed by atoms with Crippen molar-refractivity contribution in [3.63, 3.8) is 0 Å². The van der Waals surface area contributed by atoms with Crippen LogP contribution in [0.1, 0.15) is 37.5 Å². The number of hydrogen-bond donors (Lipinski definition) is 2. The van der Waals surface area contributed by atoms with Gasteiger partial charge in [0, 0.05) is 49.9 Å². The highest BCUT2D eigenvalue weighted by atomic mass is 15.2. The number of aliphatic imine (C=N–C) groups is 1. The van der Waals surface area contributed by atoms with Crippen LogP contribution >= 0.6 is 0 Å². The molecule has 12 rings (SSSR count). The molecule has 74 heavy (non-hydrogen) atoms. The number of fused-ring (bicyclic) bond motifs is 7. The average Bonchev–Trinajstić information content (AvgIpc) is 4.13. The van der Waals surface area contributed by atoms with Crippen molar-refractivity contribution in [1.82, 2.24) is 18.7 Å². The Labute approximate surface area is 433 Å². The molecule has 0 unspecified atom stereocenters. The molecule has 0 spiro atoms. The van der Waals surface area contributed by atoms with Crippen molar-refractivity contribution < 1.29 is 0 Å². The maximum absolute atomic E-state index is 8.74. The maximum atomic E-state index is 8.74. The Morgan fingerprint density at radius 3 is 1.61 bits per heavy atom. The quantitative estimate of drug-likeness (QED) is 0.0902. The number of allylic oxidation sites excluding steroid dienone is 3. The predicted octanol–water partition coefficient (Wildman–Crippen LogP) is 16.9. The van der Waals surface area contributed by atoms with Gasteiger partial charge in [-0.1, -0.05) is 220 Å². The van der Waals surface area contributed by atoms with Gasteiger partial charge in [0.1, 0.15) is 17.2 Å². The second kappa shape index (κ2) is 23.1. The number of nitrogens with two attached hydrogens (primary N) is 1. The summed E-state index contributed by atoms with van der Waals surface area (Å²) >= 11 is 0. The molecule has 0 aliphatic rings. The number of aryl methyl sites for hydroxylation is 1. The first-order valence-corrected chi connectivity index (χ1v) is 25.0. The highest BCUT2D eigenvalue weighted by Crippen LogP contribution is 2.44. The average molecular weight is 962 g/mol. The molecule has 0 fully saturated rings. The van der Waals surface area contributed by atoms with E-state index in [4.69, 9.17) is 16.1 Å². The van der Waals surface area contributed by atoms with Crippen LogP contribution in [-0.4, -0.2) is 30.4 Å². The summed E-state index contributed by atoms with van der Waals surface area (Å²) < 4.78 is 7.02. The Bertz CT molecular complexity index is 3880. The normalized spacial score (nSPS) is 11.2. The zero-order valence-electron chi connectivity index (χ0n) is 42.3. The van der Waals surface area contributed by atoms with Crippen LogP contribution < -0.4 is 5.73 Å². The largest absolute Gasteiger partial charge is 0.383 e. The molecule has 3 aromatic heterocycles. The fourth-order valence-electron chi connectivity index (χ4n) is 9.28. The molecule has 0 aliphatic heterocycles. The van der Waals surface area contributed by atoms with Gasteiger partial charge in [0.05, 0.1) is 16.6 Å². The second-order valence-electron chi connectivity index (χ2n) is 17.3.